The zero-order valence-corrected chi connectivity index (χ0v) is 17.8. The third-order valence-electron chi connectivity index (χ3n) is 7.30. The van der Waals surface area contributed by atoms with Gasteiger partial charge < -0.3 is 9.72 Å². The standard InChI is InChI=1S/C25H27N3O3/c1-3-10-27-11-9-25(17-5-4-6-20(12-17)31-2)15-24-21(13-18(25)16-27)22-14-19(28(29)30)7-8-23(22)26-24/h3-8,12,14,18,26H,1,9-11,13,15-16H2,2H3. The monoisotopic (exact) mass is 417 g/mol. The van der Waals surface area contributed by atoms with E-state index >= 15 is 0 Å². The summed E-state index contributed by atoms with van der Waals surface area (Å²) in [4.78, 5) is 17.1. The zero-order chi connectivity index (χ0) is 21.6. The summed E-state index contributed by atoms with van der Waals surface area (Å²) in [6.07, 6.45) is 4.85. The number of nitrogens with zero attached hydrogens (tertiary/aromatic N) is 2. The van der Waals surface area contributed by atoms with Crippen molar-refractivity contribution in [2.75, 3.05) is 26.7 Å². The summed E-state index contributed by atoms with van der Waals surface area (Å²) in [7, 11) is 1.71. The van der Waals surface area contributed by atoms with Crippen molar-refractivity contribution in [3.8, 4) is 5.75 Å². The van der Waals surface area contributed by atoms with Crippen molar-refractivity contribution in [3.63, 3.8) is 0 Å². The Morgan fingerprint density at radius 1 is 1.35 bits per heavy atom. The molecule has 2 heterocycles. The van der Waals surface area contributed by atoms with Gasteiger partial charge in [0.15, 0.2) is 0 Å². The number of ether oxygens (including phenoxy) is 1. The molecule has 160 valence electrons. The molecule has 0 amide bonds. The van der Waals surface area contributed by atoms with Crippen molar-refractivity contribution >= 4 is 16.6 Å². The highest BCUT2D eigenvalue weighted by atomic mass is 16.6. The molecular weight excluding hydrogens is 390 g/mol. The first-order valence-corrected chi connectivity index (χ1v) is 10.8. The molecular formula is C25H27N3O3. The van der Waals surface area contributed by atoms with E-state index in [4.69, 9.17) is 4.74 Å². The summed E-state index contributed by atoms with van der Waals surface area (Å²) < 4.78 is 5.54. The van der Waals surface area contributed by atoms with E-state index in [0.29, 0.717) is 5.92 Å². The highest BCUT2D eigenvalue weighted by molar-refractivity contribution is 5.87. The van der Waals surface area contributed by atoms with Crippen molar-refractivity contribution in [2.45, 2.75) is 24.7 Å². The van der Waals surface area contributed by atoms with Crippen LogP contribution in [0.25, 0.3) is 10.9 Å². The summed E-state index contributed by atoms with van der Waals surface area (Å²) in [6, 6.07) is 13.7. The number of nitro benzene ring substituents is 1. The van der Waals surface area contributed by atoms with Gasteiger partial charge in [0.25, 0.3) is 5.69 Å². The van der Waals surface area contributed by atoms with Gasteiger partial charge in [-0.05, 0) is 61.1 Å². The fourth-order valence-corrected chi connectivity index (χ4v) is 5.75. The Morgan fingerprint density at radius 3 is 3.00 bits per heavy atom. The molecule has 1 aliphatic carbocycles. The number of nitrogens with one attached hydrogen (secondary N) is 1. The van der Waals surface area contributed by atoms with Crippen LogP contribution in [0.3, 0.4) is 0 Å². The predicted molar refractivity (Wildman–Crippen MR) is 122 cm³/mol. The largest absolute Gasteiger partial charge is 0.497 e. The smallest absolute Gasteiger partial charge is 0.270 e. The van der Waals surface area contributed by atoms with Gasteiger partial charge in [0.2, 0.25) is 0 Å². The number of H-pyrrole nitrogens is 1. The lowest BCUT2D eigenvalue weighted by molar-refractivity contribution is -0.384. The van der Waals surface area contributed by atoms with E-state index in [1.54, 1.807) is 19.2 Å². The summed E-state index contributed by atoms with van der Waals surface area (Å²) in [6.45, 7) is 6.83. The predicted octanol–water partition coefficient (Wildman–Crippen LogP) is 4.63. The van der Waals surface area contributed by atoms with E-state index in [1.807, 2.05) is 18.2 Å². The lowest BCUT2D eigenvalue weighted by Crippen LogP contribution is -2.53. The number of piperidine rings is 1. The summed E-state index contributed by atoms with van der Waals surface area (Å²) in [5.74, 6) is 1.30. The second kappa shape index (κ2) is 7.54. The van der Waals surface area contributed by atoms with Crippen LogP contribution in [0.5, 0.6) is 5.75 Å². The third kappa shape index (κ3) is 3.22. The normalized spacial score (nSPS) is 23.2. The molecule has 6 nitrogen and oxygen atoms in total. The number of nitro groups is 1. The molecule has 1 N–H and O–H groups in total. The number of non-ortho nitro benzene ring substituents is 1. The molecule has 0 spiro atoms. The molecule has 2 aromatic carbocycles. The average molecular weight is 418 g/mol. The Morgan fingerprint density at radius 2 is 2.23 bits per heavy atom. The van der Waals surface area contributed by atoms with Crippen LogP contribution in [0.15, 0.2) is 55.1 Å². The maximum absolute atomic E-state index is 11.3. The number of hydrogen-bond acceptors (Lipinski definition) is 4. The minimum atomic E-state index is -0.311. The zero-order valence-electron chi connectivity index (χ0n) is 17.8. The maximum Gasteiger partial charge on any atom is 0.270 e. The Labute approximate surface area is 181 Å². The van der Waals surface area contributed by atoms with Crippen LogP contribution in [0.1, 0.15) is 23.2 Å². The van der Waals surface area contributed by atoms with Crippen LogP contribution in [0.4, 0.5) is 5.69 Å². The van der Waals surface area contributed by atoms with Crippen LogP contribution < -0.4 is 4.74 Å². The van der Waals surface area contributed by atoms with Gasteiger partial charge in [0.1, 0.15) is 5.75 Å². The van der Waals surface area contributed by atoms with E-state index in [0.717, 1.165) is 55.5 Å². The maximum atomic E-state index is 11.3. The van der Waals surface area contributed by atoms with Crippen LogP contribution in [0, 0.1) is 16.0 Å². The molecule has 0 radical (unpaired) electrons. The van der Waals surface area contributed by atoms with Gasteiger partial charge in [0, 0.05) is 47.2 Å². The van der Waals surface area contributed by atoms with Crippen LogP contribution in [-0.4, -0.2) is 41.6 Å². The minimum absolute atomic E-state index is 0.0199. The second-order valence-corrected chi connectivity index (χ2v) is 8.83. The molecule has 1 aromatic heterocycles. The van der Waals surface area contributed by atoms with Gasteiger partial charge in [-0.1, -0.05) is 18.2 Å². The number of methoxy groups -OCH3 is 1. The SMILES string of the molecule is C=CCN1CCC2(c3cccc(OC)c3)Cc3[nH]c4ccc([N+](=O)[O-])cc4c3CC2C1. The number of hydrogen-bond donors (Lipinski definition) is 1. The molecule has 2 aliphatic rings. The van der Waals surface area contributed by atoms with E-state index in [1.165, 1.54) is 16.8 Å². The first-order chi connectivity index (χ1) is 15.0. The van der Waals surface area contributed by atoms with E-state index in [-0.39, 0.29) is 16.0 Å². The molecule has 5 rings (SSSR count). The molecule has 1 fully saturated rings. The Balaban J connectivity index is 1.63. The van der Waals surface area contributed by atoms with Gasteiger partial charge in [0.05, 0.1) is 12.0 Å². The number of benzene rings is 2. The number of aromatic amines is 1. The van der Waals surface area contributed by atoms with Crippen molar-refractivity contribution in [2.24, 2.45) is 5.92 Å². The van der Waals surface area contributed by atoms with Crippen molar-refractivity contribution < 1.29 is 9.66 Å². The van der Waals surface area contributed by atoms with Crippen LogP contribution >= 0.6 is 0 Å². The lowest BCUT2D eigenvalue weighted by atomic mass is 9.58. The van der Waals surface area contributed by atoms with Gasteiger partial charge in [-0.2, -0.15) is 0 Å². The van der Waals surface area contributed by atoms with Crippen molar-refractivity contribution in [1.82, 2.24) is 9.88 Å². The summed E-state index contributed by atoms with van der Waals surface area (Å²) in [5, 5.41) is 12.3. The Kier molecular flexibility index (Phi) is 4.82. The second-order valence-electron chi connectivity index (χ2n) is 8.83. The topological polar surface area (TPSA) is 71.4 Å². The summed E-state index contributed by atoms with van der Waals surface area (Å²) in [5.41, 5.74) is 4.93. The van der Waals surface area contributed by atoms with Gasteiger partial charge in [-0.15, -0.1) is 6.58 Å². The fourth-order valence-electron chi connectivity index (χ4n) is 5.75. The first kappa shape index (κ1) is 19.8. The molecule has 0 saturated carbocycles. The molecule has 3 aromatic rings. The first-order valence-electron chi connectivity index (χ1n) is 10.8. The van der Waals surface area contributed by atoms with Gasteiger partial charge >= 0.3 is 0 Å². The quantitative estimate of drug-likeness (QED) is 0.373. The number of rotatable bonds is 5. The van der Waals surface area contributed by atoms with Gasteiger partial charge in [-0.3, -0.25) is 15.0 Å². The highest BCUT2D eigenvalue weighted by Crippen LogP contribution is 2.49. The fraction of sp³-hybridized carbons (Fsp3) is 0.360. The number of fused-ring (bicyclic) bond motifs is 4. The Bertz CT molecular complexity index is 1170. The van der Waals surface area contributed by atoms with Crippen molar-refractivity contribution in [1.29, 1.82) is 0 Å². The van der Waals surface area contributed by atoms with Gasteiger partial charge in [-0.25, -0.2) is 0 Å². The third-order valence-corrected chi connectivity index (χ3v) is 7.30. The van der Waals surface area contributed by atoms with E-state index in [9.17, 15) is 10.1 Å². The van der Waals surface area contributed by atoms with E-state index in [2.05, 4.69) is 34.7 Å². The van der Waals surface area contributed by atoms with E-state index < -0.39 is 0 Å². The van der Waals surface area contributed by atoms with Crippen LogP contribution in [-0.2, 0) is 18.3 Å². The average Bonchev–Trinajstić information content (AvgIpc) is 3.14. The van der Waals surface area contributed by atoms with Crippen LogP contribution in [0.2, 0.25) is 0 Å². The van der Waals surface area contributed by atoms with Crippen molar-refractivity contribution in [3.05, 3.63) is 82.1 Å². The number of likely N-dealkylation sites (tertiary alicyclic amines) is 1. The Hall–Kier alpha value is -3.12. The minimum Gasteiger partial charge on any atom is -0.497 e. The molecule has 1 aliphatic heterocycles. The molecule has 2 atom stereocenters. The number of aromatic nitrogens is 1. The molecule has 31 heavy (non-hydrogen) atoms. The summed E-state index contributed by atoms with van der Waals surface area (Å²) >= 11 is 0. The molecule has 2 unspecified atom stereocenters. The molecule has 1 saturated heterocycles. The highest BCUT2D eigenvalue weighted by Gasteiger charge is 2.48. The lowest BCUT2D eigenvalue weighted by Gasteiger charge is -2.51. The molecule has 0 bridgehead atoms. The molecule has 6 heteroatoms.